The number of amides is 1. The van der Waals surface area contributed by atoms with Gasteiger partial charge >= 0.3 is 0 Å². The molecule has 4 nitrogen and oxygen atoms in total. The largest absolute Gasteiger partial charge is 0.368 e. The molecule has 0 aliphatic carbocycles. The van der Waals surface area contributed by atoms with Crippen LogP contribution in [0.25, 0.3) is 0 Å². The molecule has 0 aromatic rings. The maximum Gasteiger partial charge on any atom is 0.236 e. The fourth-order valence-corrected chi connectivity index (χ4v) is 1.33. The molecule has 0 aromatic heterocycles. The Morgan fingerprint density at radius 3 is 2.77 bits per heavy atom. The number of primary amides is 1. The van der Waals surface area contributed by atoms with E-state index in [-0.39, 0.29) is 5.91 Å². The number of rotatable bonds is 5. The van der Waals surface area contributed by atoms with E-state index >= 15 is 0 Å². The third-order valence-corrected chi connectivity index (χ3v) is 2.01. The van der Waals surface area contributed by atoms with Crippen LogP contribution in [0.4, 0.5) is 0 Å². The van der Waals surface area contributed by atoms with Crippen molar-refractivity contribution in [3.05, 3.63) is 12.4 Å². The maximum atomic E-state index is 10.6. The van der Waals surface area contributed by atoms with Crippen LogP contribution in [0.5, 0.6) is 0 Å². The Morgan fingerprint density at radius 2 is 2.15 bits per heavy atom. The van der Waals surface area contributed by atoms with Crippen LogP contribution in [0.15, 0.2) is 12.4 Å². The number of carbonyl (C=O) groups is 1. The number of nitrogens with two attached hydrogens (primary N) is 1. The molecule has 0 bridgehead atoms. The van der Waals surface area contributed by atoms with Gasteiger partial charge in [-0.3, -0.25) is 4.79 Å². The van der Waals surface area contributed by atoms with Gasteiger partial charge in [0.1, 0.15) is 0 Å². The van der Waals surface area contributed by atoms with Gasteiger partial charge in [-0.05, 0) is 6.42 Å². The quantitative estimate of drug-likeness (QED) is 0.667. The van der Waals surface area contributed by atoms with Gasteiger partial charge in [0.15, 0.2) is 0 Å². The van der Waals surface area contributed by atoms with Gasteiger partial charge in [-0.1, -0.05) is 13.3 Å². The fraction of sp³-hybridized carbons (Fsp3) is 0.667. The zero-order valence-electron chi connectivity index (χ0n) is 8.07. The normalized spacial score (nSPS) is 15.5. The predicted octanol–water partition coefficient (Wildman–Crippen LogP) is 0.318. The van der Waals surface area contributed by atoms with Crippen molar-refractivity contribution in [1.82, 2.24) is 9.80 Å². The van der Waals surface area contributed by atoms with E-state index in [9.17, 15) is 4.79 Å². The Labute approximate surface area is 79.0 Å². The minimum atomic E-state index is -0.276. The van der Waals surface area contributed by atoms with E-state index in [1.807, 2.05) is 17.3 Å². The molecular weight excluding hydrogens is 166 g/mol. The summed E-state index contributed by atoms with van der Waals surface area (Å²) in [5, 5.41) is 0. The van der Waals surface area contributed by atoms with Crippen LogP contribution < -0.4 is 5.73 Å². The van der Waals surface area contributed by atoms with Gasteiger partial charge in [-0.25, -0.2) is 0 Å². The molecule has 2 N–H and O–H groups in total. The lowest BCUT2D eigenvalue weighted by atomic mass is 10.3. The summed E-state index contributed by atoms with van der Waals surface area (Å²) in [6, 6.07) is 0. The SMILES string of the molecule is CCCCN1C=CN(CC(N)=O)C1. The van der Waals surface area contributed by atoms with Crippen molar-refractivity contribution in [3.8, 4) is 0 Å². The molecule has 1 aliphatic rings. The smallest absolute Gasteiger partial charge is 0.236 e. The Balaban J connectivity index is 2.21. The monoisotopic (exact) mass is 183 g/mol. The maximum absolute atomic E-state index is 10.6. The van der Waals surface area contributed by atoms with E-state index in [0.29, 0.717) is 6.54 Å². The molecule has 13 heavy (non-hydrogen) atoms. The third kappa shape index (κ3) is 3.36. The molecule has 1 amide bonds. The molecule has 4 heteroatoms. The summed E-state index contributed by atoms with van der Waals surface area (Å²) in [7, 11) is 0. The Kier molecular flexibility index (Phi) is 3.61. The molecule has 1 rings (SSSR count). The Bertz CT molecular complexity index is 203. The van der Waals surface area contributed by atoms with Crippen molar-refractivity contribution in [2.24, 2.45) is 5.73 Å². The standard InChI is InChI=1S/C9H17N3O/c1-2-3-4-11-5-6-12(8-11)7-9(10)13/h5-6H,2-4,7-8H2,1H3,(H2,10,13). The first-order valence-corrected chi connectivity index (χ1v) is 4.67. The Morgan fingerprint density at radius 1 is 1.46 bits per heavy atom. The molecule has 0 unspecified atom stereocenters. The molecule has 1 aliphatic heterocycles. The molecule has 0 aromatic carbocycles. The predicted molar refractivity (Wildman–Crippen MR) is 51.5 cm³/mol. The molecule has 0 atom stereocenters. The number of unbranched alkanes of at least 4 members (excludes halogenated alkanes) is 1. The average molecular weight is 183 g/mol. The van der Waals surface area contributed by atoms with E-state index in [0.717, 1.165) is 13.2 Å². The summed E-state index contributed by atoms with van der Waals surface area (Å²) in [5.41, 5.74) is 5.08. The molecule has 0 spiro atoms. The lowest BCUT2D eigenvalue weighted by molar-refractivity contribution is -0.118. The second kappa shape index (κ2) is 4.74. The number of hydrogen-bond acceptors (Lipinski definition) is 3. The first-order valence-electron chi connectivity index (χ1n) is 4.67. The van der Waals surface area contributed by atoms with E-state index in [1.54, 1.807) is 0 Å². The van der Waals surface area contributed by atoms with Crippen LogP contribution in [-0.4, -0.2) is 35.5 Å². The zero-order valence-corrected chi connectivity index (χ0v) is 8.07. The van der Waals surface area contributed by atoms with Crippen LogP contribution >= 0.6 is 0 Å². The third-order valence-electron chi connectivity index (χ3n) is 2.01. The molecule has 1 heterocycles. The summed E-state index contributed by atoms with van der Waals surface area (Å²) in [6.07, 6.45) is 6.31. The van der Waals surface area contributed by atoms with Crippen LogP contribution in [0.3, 0.4) is 0 Å². The molecule has 0 saturated heterocycles. The summed E-state index contributed by atoms with van der Waals surface area (Å²) in [5.74, 6) is -0.276. The lowest BCUT2D eigenvalue weighted by Crippen LogP contribution is -2.33. The summed E-state index contributed by atoms with van der Waals surface area (Å²) in [6.45, 7) is 4.34. The van der Waals surface area contributed by atoms with Gasteiger partial charge in [-0.15, -0.1) is 0 Å². The fourth-order valence-electron chi connectivity index (χ4n) is 1.33. The van der Waals surface area contributed by atoms with Gasteiger partial charge in [0.05, 0.1) is 13.2 Å². The van der Waals surface area contributed by atoms with E-state index < -0.39 is 0 Å². The van der Waals surface area contributed by atoms with E-state index in [1.165, 1.54) is 12.8 Å². The van der Waals surface area contributed by atoms with Crippen molar-refractivity contribution >= 4 is 5.91 Å². The van der Waals surface area contributed by atoms with Crippen molar-refractivity contribution in [2.45, 2.75) is 19.8 Å². The highest BCUT2D eigenvalue weighted by Crippen LogP contribution is 2.06. The summed E-state index contributed by atoms with van der Waals surface area (Å²) < 4.78 is 0. The molecule has 0 saturated carbocycles. The van der Waals surface area contributed by atoms with Crippen LogP contribution in [0, 0.1) is 0 Å². The highest BCUT2D eigenvalue weighted by Gasteiger charge is 2.12. The first kappa shape index (κ1) is 9.89. The van der Waals surface area contributed by atoms with Crippen LogP contribution in [0.2, 0.25) is 0 Å². The van der Waals surface area contributed by atoms with Gasteiger partial charge in [-0.2, -0.15) is 0 Å². The number of carbonyl (C=O) groups excluding carboxylic acids is 1. The van der Waals surface area contributed by atoms with E-state index in [4.69, 9.17) is 5.73 Å². The number of nitrogens with zero attached hydrogens (tertiary/aromatic N) is 2. The van der Waals surface area contributed by atoms with Crippen molar-refractivity contribution in [2.75, 3.05) is 19.8 Å². The molecule has 0 fully saturated rings. The van der Waals surface area contributed by atoms with Crippen molar-refractivity contribution in [1.29, 1.82) is 0 Å². The molecule has 0 radical (unpaired) electrons. The van der Waals surface area contributed by atoms with E-state index in [2.05, 4.69) is 11.8 Å². The highest BCUT2D eigenvalue weighted by atomic mass is 16.1. The minimum Gasteiger partial charge on any atom is -0.368 e. The van der Waals surface area contributed by atoms with Gasteiger partial charge in [0.2, 0.25) is 5.91 Å². The van der Waals surface area contributed by atoms with Gasteiger partial charge in [0.25, 0.3) is 0 Å². The van der Waals surface area contributed by atoms with Crippen molar-refractivity contribution < 1.29 is 4.79 Å². The highest BCUT2D eigenvalue weighted by molar-refractivity contribution is 5.76. The van der Waals surface area contributed by atoms with Gasteiger partial charge in [0, 0.05) is 18.9 Å². The molecule has 74 valence electrons. The van der Waals surface area contributed by atoms with Crippen LogP contribution in [-0.2, 0) is 4.79 Å². The zero-order chi connectivity index (χ0) is 9.68. The summed E-state index contributed by atoms with van der Waals surface area (Å²) >= 11 is 0. The second-order valence-electron chi connectivity index (χ2n) is 3.32. The average Bonchev–Trinajstić information content (AvgIpc) is 2.48. The van der Waals surface area contributed by atoms with Crippen LogP contribution in [0.1, 0.15) is 19.8 Å². The molecular formula is C9H17N3O. The Hall–Kier alpha value is -1.19. The summed E-state index contributed by atoms with van der Waals surface area (Å²) in [4.78, 5) is 14.7. The van der Waals surface area contributed by atoms with Gasteiger partial charge < -0.3 is 15.5 Å². The number of hydrogen-bond donors (Lipinski definition) is 1. The lowest BCUT2D eigenvalue weighted by Gasteiger charge is -2.19. The van der Waals surface area contributed by atoms with Crippen molar-refractivity contribution in [3.63, 3.8) is 0 Å². The topological polar surface area (TPSA) is 49.6 Å². The minimum absolute atomic E-state index is 0.276. The second-order valence-corrected chi connectivity index (χ2v) is 3.32. The first-order chi connectivity index (χ1) is 6.22.